The maximum atomic E-state index is 2.81. The van der Waals surface area contributed by atoms with E-state index < -0.39 is 8.07 Å². The van der Waals surface area contributed by atoms with Crippen LogP contribution in [0.1, 0.15) is 250 Å². The molecule has 1 unspecified atom stereocenters. The Morgan fingerprint density at radius 3 is 0.812 bits per heavy atom. The van der Waals surface area contributed by atoms with Gasteiger partial charge >= 0.3 is 0 Å². The van der Waals surface area contributed by atoms with Crippen LogP contribution in [0.25, 0.3) is 0 Å². The van der Waals surface area contributed by atoms with Crippen LogP contribution >= 0.6 is 0 Å². The number of aryl methyl sites for hydroxylation is 6. The van der Waals surface area contributed by atoms with Crippen LogP contribution in [0.15, 0.2) is 78.4 Å². The molecular formula is C63H100Si. The van der Waals surface area contributed by atoms with E-state index in [1.807, 2.05) is 0 Å². The summed E-state index contributed by atoms with van der Waals surface area (Å²) < 4.78 is 0. The zero-order valence-corrected chi connectivity index (χ0v) is 44.7. The lowest BCUT2D eigenvalue weighted by molar-refractivity contribution is 0.495. The van der Waals surface area contributed by atoms with E-state index in [1.165, 1.54) is 193 Å². The average molecular weight is 886 g/mol. The van der Waals surface area contributed by atoms with Crippen LogP contribution in [0.2, 0.25) is 5.54 Å². The molecule has 356 valence electrons. The first-order valence-corrected chi connectivity index (χ1v) is 30.0. The summed E-state index contributed by atoms with van der Waals surface area (Å²) in [5, 5.41) is 5.08. The second-order valence-corrected chi connectivity index (χ2v) is 25.5. The van der Waals surface area contributed by atoms with Crippen molar-refractivity contribution in [3.05, 3.63) is 112 Å². The molecule has 0 heterocycles. The van der Waals surface area contributed by atoms with E-state index in [0.717, 1.165) is 0 Å². The van der Waals surface area contributed by atoms with Gasteiger partial charge in [-0.25, -0.2) is 0 Å². The van der Waals surface area contributed by atoms with Gasteiger partial charge in [-0.05, 0) is 131 Å². The standard InChI is InChI=1S/C63H100Si/c1-10-16-22-28-35-52-43-53(36-29-23-17-11-2)47-58(46-52)64(62-42-34-41-61(62)63(7,8)9,59-48-54(37-30-24-18-12-3)44-55(49-59)38-31-25-19-13-4)60-50-56(39-32-26-20-14-5)45-57(51-60)40-33-27-21-15-6/h34,41-51,62H,10-33,35-40H2,1-9H3. The van der Waals surface area contributed by atoms with Gasteiger partial charge in [0.15, 0.2) is 8.07 Å². The smallest absolute Gasteiger partial charge is 0.0790 e. The van der Waals surface area contributed by atoms with Crippen molar-refractivity contribution in [1.82, 2.24) is 0 Å². The molecule has 1 aliphatic carbocycles. The zero-order valence-electron chi connectivity index (χ0n) is 43.7. The van der Waals surface area contributed by atoms with E-state index in [4.69, 9.17) is 0 Å². The summed E-state index contributed by atoms with van der Waals surface area (Å²) in [6.07, 6.45) is 46.5. The highest BCUT2D eigenvalue weighted by atomic mass is 28.3. The minimum atomic E-state index is -2.83. The number of hydrogen-bond donors (Lipinski definition) is 0. The fraction of sp³-hybridized carbons (Fsp3) is 0.651. The fourth-order valence-corrected chi connectivity index (χ4v) is 16.9. The van der Waals surface area contributed by atoms with Gasteiger partial charge in [0.1, 0.15) is 0 Å². The number of hydrogen-bond acceptors (Lipinski definition) is 0. The van der Waals surface area contributed by atoms with E-state index in [1.54, 1.807) is 54.5 Å². The largest absolute Gasteiger partial charge is 0.159 e. The first-order valence-electron chi connectivity index (χ1n) is 27.9. The molecule has 0 amide bonds. The predicted octanol–water partition coefficient (Wildman–Crippen LogP) is 17.8. The van der Waals surface area contributed by atoms with Gasteiger partial charge in [-0.1, -0.05) is 256 Å². The van der Waals surface area contributed by atoms with E-state index in [2.05, 4.69) is 135 Å². The highest BCUT2D eigenvalue weighted by Gasteiger charge is 2.50. The minimum absolute atomic E-state index is 0.0641. The molecule has 1 aliphatic rings. The Balaban J connectivity index is 2.17. The lowest BCUT2D eigenvalue weighted by Crippen LogP contribution is -2.70. The van der Waals surface area contributed by atoms with Crippen LogP contribution in [-0.2, 0) is 38.5 Å². The van der Waals surface area contributed by atoms with Gasteiger partial charge in [0.2, 0.25) is 0 Å². The molecule has 0 N–H and O–H groups in total. The molecule has 0 nitrogen and oxygen atoms in total. The monoisotopic (exact) mass is 885 g/mol. The Morgan fingerprint density at radius 2 is 0.594 bits per heavy atom. The first kappa shape index (κ1) is 54.0. The topological polar surface area (TPSA) is 0 Å². The van der Waals surface area contributed by atoms with E-state index in [-0.39, 0.29) is 5.41 Å². The summed E-state index contributed by atoms with van der Waals surface area (Å²) in [7, 11) is -2.83. The number of rotatable bonds is 34. The van der Waals surface area contributed by atoms with Crippen LogP contribution < -0.4 is 15.6 Å². The highest BCUT2D eigenvalue weighted by molar-refractivity contribution is 7.13. The summed E-state index contributed by atoms with van der Waals surface area (Å²) >= 11 is 0. The van der Waals surface area contributed by atoms with Gasteiger partial charge in [0.05, 0.1) is 0 Å². The summed E-state index contributed by atoms with van der Waals surface area (Å²) in [5.41, 5.74) is 11.7. The Labute approximate surface area is 399 Å². The second-order valence-electron chi connectivity index (χ2n) is 21.5. The summed E-state index contributed by atoms with van der Waals surface area (Å²) in [4.78, 5) is 0. The molecule has 0 spiro atoms. The normalized spacial score (nSPS) is 14.2. The van der Waals surface area contributed by atoms with E-state index in [9.17, 15) is 0 Å². The van der Waals surface area contributed by atoms with Gasteiger partial charge in [-0.3, -0.25) is 0 Å². The predicted molar refractivity (Wildman–Crippen MR) is 291 cm³/mol. The number of allylic oxidation sites excluding steroid dienone is 4. The lowest BCUT2D eigenvalue weighted by Gasteiger charge is -2.43. The number of unbranched alkanes of at least 4 members (excludes halogenated alkanes) is 18. The molecule has 4 rings (SSSR count). The molecule has 64 heavy (non-hydrogen) atoms. The molecule has 0 aromatic heterocycles. The highest BCUT2D eigenvalue weighted by Crippen LogP contribution is 2.45. The van der Waals surface area contributed by atoms with Gasteiger partial charge < -0.3 is 0 Å². The average Bonchev–Trinajstić information content (AvgIpc) is 3.79. The summed E-state index contributed by atoms with van der Waals surface area (Å²) in [5.74, 6) is 0. The van der Waals surface area contributed by atoms with Crippen molar-refractivity contribution in [2.45, 2.75) is 260 Å². The van der Waals surface area contributed by atoms with E-state index >= 15 is 0 Å². The molecular weight excluding hydrogens is 785 g/mol. The molecule has 1 heteroatoms. The van der Waals surface area contributed by atoms with Crippen molar-refractivity contribution in [2.75, 3.05) is 0 Å². The maximum absolute atomic E-state index is 2.83. The van der Waals surface area contributed by atoms with Gasteiger partial charge in [0, 0.05) is 5.54 Å². The lowest BCUT2D eigenvalue weighted by atomic mass is 9.85. The third kappa shape index (κ3) is 16.9. The summed E-state index contributed by atoms with van der Waals surface area (Å²) in [6.45, 7) is 21.7. The minimum Gasteiger partial charge on any atom is -0.0790 e. The van der Waals surface area contributed by atoms with Crippen molar-refractivity contribution in [2.24, 2.45) is 5.41 Å². The van der Waals surface area contributed by atoms with Crippen LogP contribution in [0, 0.1) is 5.41 Å². The molecule has 1 atom stereocenters. The Hall–Kier alpha value is -2.64. The molecule has 0 fully saturated rings. The molecule has 0 radical (unpaired) electrons. The van der Waals surface area contributed by atoms with Gasteiger partial charge in [0.25, 0.3) is 0 Å². The summed E-state index contributed by atoms with van der Waals surface area (Å²) in [6, 6.07) is 24.9. The van der Waals surface area contributed by atoms with Crippen molar-refractivity contribution in [1.29, 1.82) is 0 Å². The number of benzene rings is 3. The molecule has 0 saturated heterocycles. The molecule has 3 aromatic rings. The van der Waals surface area contributed by atoms with Crippen LogP contribution in [0.4, 0.5) is 0 Å². The molecule has 0 aliphatic heterocycles. The fourth-order valence-electron chi connectivity index (χ4n) is 11.0. The Morgan fingerprint density at radius 1 is 0.344 bits per heavy atom. The van der Waals surface area contributed by atoms with Crippen LogP contribution in [-0.4, -0.2) is 8.07 Å². The van der Waals surface area contributed by atoms with Crippen molar-refractivity contribution in [3.63, 3.8) is 0 Å². The van der Waals surface area contributed by atoms with Crippen LogP contribution in [0.5, 0.6) is 0 Å². The first-order chi connectivity index (χ1) is 31.1. The second kappa shape index (κ2) is 29.9. The van der Waals surface area contributed by atoms with Crippen molar-refractivity contribution >= 4 is 23.6 Å². The SMILES string of the molecule is CCCCCCc1cc(CCCCCC)cc([Si](c2cc(CCCCCC)cc(CCCCCC)c2)(c2cc(CCCCCC)cc(CCCCCC)c2)C2C=CC=C2C(C)(C)C)c1. The molecule has 3 aromatic carbocycles. The van der Waals surface area contributed by atoms with Gasteiger partial charge in [-0.2, -0.15) is 0 Å². The van der Waals surface area contributed by atoms with E-state index in [0.29, 0.717) is 5.54 Å². The molecule has 0 bridgehead atoms. The zero-order chi connectivity index (χ0) is 46.0. The van der Waals surface area contributed by atoms with Gasteiger partial charge in [-0.15, -0.1) is 0 Å². The Bertz CT molecular complexity index is 1530. The third-order valence-electron chi connectivity index (χ3n) is 14.7. The third-order valence-corrected chi connectivity index (χ3v) is 19.7. The maximum Gasteiger partial charge on any atom is 0.159 e. The van der Waals surface area contributed by atoms with Crippen molar-refractivity contribution < 1.29 is 0 Å². The Kier molecular flexibility index (Phi) is 25.2. The molecule has 0 saturated carbocycles. The van der Waals surface area contributed by atoms with Crippen molar-refractivity contribution in [3.8, 4) is 0 Å². The quantitative estimate of drug-likeness (QED) is 0.0318. The van der Waals surface area contributed by atoms with Crippen LogP contribution in [0.3, 0.4) is 0 Å².